The monoisotopic (exact) mass is 194 g/mol. The molecule has 14 heavy (non-hydrogen) atoms. The molecule has 1 aromatic rings. The third kappa shape index (κ3) is 1.98. The third-order valence-corrected chi connectivity index (χ3v) is 3.45. The Morgan fingerprint density at radius 3 is 2.93 bits per heavy atom. The van der Waals surface area contributed by atoms with Crippen LogP contribution in [0.5, 0.6) is 0 Å². The zero-order valence-corrected chi connectivity index (χ0v) is 8.75. The third-order valence-electron chi connectivity index (χ3n) is 3.45. The first-order valence-electron chi connectivity index (χ1n) is 5.43. The summed E-state index contributed by atoms with van der Waals surface area (Å²) in [5, 5.41) is 3.45. The summed E-state index contributed by atoms with van der Waals surface area (Å²) in [6.45, 7) is 4.21. The number of nitrogens with zero attached hydrogens (tertiary/aromatic N) is 1. The van der Waals surface area contributed by atoms with Crippen LogP contribution in [-0.4, -0.2) is 11.5 Å². The largest absolute Gasteiger partial charge is 0.447 e. The molecule has 1 N–H and O–H groups in total. The molecule has 3 nitrogen and oxygen atoms in total. The van der Waals surface area contributed by atoms with E-state index in [4.69, 9.17) is 4.42 Å². The maximum atomic E-state index is 5.16. The molecule has 0 unspecified atom stereocenters. The molecule has 1 fully saturated rings. The summed E-state index contributed by atoms with van der Waals surface area (Å²) in [5.74, 6) is 0.926. The highest BCUT2D eigenvalue weighted by molar-refractivity contribution is 4.91. The Balaban J connectivity index is 1.72. The van der Waals surface area contributed by atoms with E-state index in [1.54, 1.807) is 6.20 Å². The predicted octanol–water partition coefficient (Wildman–Crippen LogP) is 2.34. The van der Waals surface area contributed by atoms with Crippen LogP contribution in [0.25, 0.3) is 0 Å². The Hall–Kier alpha value is -0.830. The van der Waals surface area contributed by atoms with Gasteiger partial charge in [0.05, 0.1) is 12.7 Å². The van der Waals surface area contributed by atoms with E-state index in [9.17, 15) is 0 Å². The number of oxazole rings is 1. The fourth-order valence-electron chi connectivity index (χ4n) is 2.11. The lowest BCUT2D eigenvalue weighted by molar-refractivity contribution is 0.123. The molecule has 0 aliphatic heterocycles. The second kappa shape index (κ2) is 4.13. The van der Waals surface area contributed by atoms with Crippen LogP contribution in [0.1, 0.15) is 38.4 Å². The summed E-state index contributed by atoms with van der Waals surface area (Å²) >= 11 is 0. The molecule has 0 amide bonds. The lowest BCUT2D eigenvalue weighted by Crippen LogP contribution is -2.39. The Bertz CT molecular complexity index is 259. The zero-order chi connectivity index (χ0) is 9.86. The first kappa shape index (κ1) is 9.71. The molecule has 1 heterocycles. The van der Waals surface area contributed by atoms with Crippen LogP contribution >= 0.6 is 0 Å². The van der Waals surface area contributed by atoms with Crippen LogP contribution in [0.15, 0.2) is 17.0 Å². The fraction of sp³-hybridized carbons (Fsp3) is 0.727. The molecule has 0 spiro atoms. The van der Waals surface area contributed by atoms with Crippen molar-refractivity contribution in [3.63, 3.8) is 0 Å². The Labute approximate surface area is 84.9 Å². The summed E-state index contributed by atoms with van der Waals surface area (Å²) in [6.07, 6.45) is 8.70. The van der Waals surface area contributed by atoms with E-state index in [0.29, 0.717) is 5.41 Å². The van der Waals surface area contributed by atoms with Gasteiger partial charge < -0.3 is 9.73 Å². The van der Waals surface area contributed by atoms with Crippen molar-refractivity contribution in [1.29, 1.82) is 0 Å². The number of hydrogen-bond acceptors (Lipinski definition) is 3. The fourth-order valence-corrected chi connectivity index (χ4v) is 2.11. The second-order valence-electron chi connectivity index (χ2n) is 4.28. The topological polar surface area (TPSA) is 38.1 Å². The lowest BCUT2D eigenvalue weighted by Gasteiger charge is -2.41. The number of nitrogens with one attached hydrogen (secondary N) is 1. The summed E-state index contributed by atoms with van der Waals surface area (Å²) < 4.78 is 5.16. The first-order valence-corrected chi connectivity index (χ1v) is 5.43. The van der Waals surface area contributed by atoms with E-state index in [2.05, 4.69) is 17.2 Å². The molecular formula is C11H18N2O. The number of rotatable bonds is 5. The molecule has 3 heteroatoms. The molecule has 2 rings (SSSR count). The number of aromatic nitrogens is 1. The van der Waals surface area contributed by atoms with Crippen LogP contribution < -0.4 is 5.32 Å². The second-order valence-corrected chi connectivity index (χ2v) is 4.28. The highest BCUT2D eigenvalue weighted by atomic mass is 16.3. The number of hydrogen-bond donors (Lipinski definition) is 1. The van der Waals surface area contributed by atoms with Crippen molar-refractivity contribution in [2.75, 3.05) is 6.54 Å². The van der Waals surface area contributed by atoms with E-state index in [0.717, 1.165) is 18.8 Å². The van der Waals surface area contributed by atoms with E-state index in [1.165, 1.54) is 32.1 Å². The first-order chi connectivity index (χ1) is 6.85. The maximum Gasteiger partial charge on any atom is 0.180 e. The molecular weight excluding hydrogens is 176 g/mol. The van der Waals surface area contributed by atoms with Gasteiger partial charge in [-0.1, -0.05) is 13.3 Å². The molecule has 0 saturated heterocycles. The van der Waals surface area contributed by atoms with Gasteiger partial charge in [-0.15, -0.1) is 0 Å². The zero-order valence-electron chi connectivity index (χ0n) is 8.75. The molecule has 1 saturated carbocycles. The summed E-state index contributed by atoms with van der Waals surface area (Å²) in [7, 11) is 0. The van der Waals surface area contributed by atoms with Gasteiger partial charge in [0, 0.05) is 6.54 Å². The van der Waals surface area contributed by atoms with Crippen molar-refractivity contribution in [3.05, 3.63) is 18.4 Å². The molecule has 0 radical (unpaired) electrons. The molecule has 78 valence electrons. The van der Waals surface area contributed by atoms with Gasteiger partial charge >= 0.3 is 0 Å². The average molecular weight is 194 g/mol. The normalized spacial score (nSPS) is 19.2. The minimum absolute atomic E-state index is 0.583. The minimum Gasteiger partial charge on any atom is -0.447 e. The van der Waals surface area contributed by atoms with Crippen molar-refractivity contribution < 1.29 is 4.42 Å². The van der Waals surface area contributed by atoms with Crippen molar-refractivity contribution >= 4 is 0 Å². The summed E-state index contributed by atoms with van der Waals surface area (Å²) in [4.78, 5) is 3.88. The summed E-state index contributed by atoms with van der Waals surface area (Å²) in [6, 6.07) is 0. The van der Waals surface area contributed by atoms with Crippen LogP contribution in [0.4, 0.5) is 0 Å². The molecule has 1 aromatic heterocycles. The average Bonchev–Trinajstić information content (AvgIpc) is 2.62. The quantitative estimate of drug-likeness (QED) is 0.781. The van der Waals surface area contributed by atoms with Crippen LogP contribution in [0.2, 0.25) is 0 Å². The van der Waals surface area contributed by atoms with Crippen LogP contribution in [0, 0.1) is 5.41 Å². The van der Waals surface area contributed by atoms with Gasteiger partial charge in [0.25, 0.3) is 0 Å². The van der Waals surface area contributed by atoms with Crippen molar-refractivity contribution in [2.45, 2.75) is 39.2 Å². The van der Waals surface area contributed by atoms with Crippen molar-refractivity contribution in [1.82, 2.24) is 10.3 Å². The van der Waals surface area contributed by atoms with Crippen molar-refractivity contribution in [3.8, 4) is 0 Å². The van der Waals surface area contributed by atoms with Gasteiger partial charge in [-0.25, -0.2) is 4.98 Å². The van der Waals surface area contributed by atoms with E-state index >= 15 is 0 Å². The van der Waals surface area contributed by atoms with Crippen LogP contribution in [-0.2, 0) is 6.54 Å². The van der Waals surface area contributed by atoms with E-state index in [1.807, 2.05) is 0 Å². The Morgan fingerprint density at radius 2 is 2.43 bits per heavy atom. The highest BCUT2D eigenvalue weighted by Crippen LogP contribution is 2.43. The molecule has 0 aromatic carbocycles. The van der Waals surface area contributed by atoms with Crippen LogP contribution in [0.3, 0.4) is 0 Å². The lowest BCUT2D eigenvalue weighted by atomic mass is 9.67. The molecule has 0 atom stereocenters. The van der Waals surface area contributed by atoms with Gasteiger partial charge in [-0.3, -0.25) is 0 Å². The predicted molar refractivity (Wildman–Crippen MR) is 54.8 cm³/mol. The molecule has 0 bridgehead atoms. The van der Waals surface area contributed by atoms with Gasteiger partial charge in [0.15, 0.2) is 6.39 Å². The SMILES string of the molecule is CCC1(CNCc2cnco2)CCC1. The molecule has 1 aliphatic rings. The van der Waals surface area contributed by atoms with Gasteiger partial charge in [-0.05, 0) is 24.7 Å². The standard InChI is InChI=1S/C11H18N2O/c1-2-11(4-3-5-11)8-12-6-10-7-13-9-14-10/h7,9,12H,2-6,8H2,1H3. The Morgan fingerprint density at radius 1 is 1.57 bits per heavy atom. The van der Waals surface area contributed by atoms with E-state index in [-0.39, 0.29) is 0 Å². The summed E-state index contributed by atoms with van der Waals surface area (Å²) in [5.41, 5.74) is 0.583. The van der Waals surface area contributed by atoms with Crippen molar-refractivity contribution in [2.24, 2.45) is 5.41 Å². The Kier molecular flexibility index (Phi) is 2.87. The smallest absolute Gasteiger partial charge is 0.180 e. The van der Waals surface area contributed by atoms with Gasteiger partial charge in [-0.2, -0.15) is 0 Å². The van der Waals surface area contributed by atoms with E-state index < -0.39 is 0 Å². The maximum absolute atomic E-state index is 5.16. The minimum atomic E-state index is 0.583. The molecule has 1 aliphatic carbocycles. The van der Waals surface area contributed by atoms with Gasteiger partial charge in [0.2, 0.25) is 0 Å². The highest BCUT2D eigenvalue weighted by Gasteiger charge is 2.34. The van der Waals surface area contributed by atoms with Gasteiger partial charge in [0.1, 0.15) is 5.76 Å².